The first kappa shape index (κ1) is 15.9. The van der Waals surface area contributed by atoms with Crippen LogP contribution in [0.4, 0.5) is 4.79 Å². The lowest BCUT2D eigenvalue weighted by Crippen LogP contribution is -2.56. The van der Waals surface area contributed by atoms with Crippen molar-refractivity contribution in [3.8, 4) is 0 Å². The van der Waals surface area contributed by atoms with Gasteiger partial charge >= 0.3 is 11.9 Å². The molecule has 22 heavy (non-hydrogen) atoms. The summed E-state index contributed by atoms with van der Waals surface area (Å²) < 4.78 is 6.46. The fraction of sp³-hybridized carbons (Fsp3) is 0.500. The van der Waals surface area contributed by atoms with E-state index in [1.807, 2.05) is 6.92 Å². The molecule has 0 aliphatic carbocycles. The molecule has 0 aromatic rings. The number of hydrogen-bond acceptors (Lipinski definition) is 5. The van der Waals surface area contributed by atoms with Crippen LogP contribution in [0.3, 0.4) is 0 Å². The van der Waals surface area contributed by atoms with Gasteiger partial charge < -0.3 is 10.1 Å². The Bertz CT molecular complexity index is 606. The summed E-state index contributed by atoms with van der Waals surface area (Å²) >= 11 is 0. The SMILES string of the molecule is CCCNC(=O)CN1C(=O)C2C(OC)=CC=NC2=[N+](C)C1=O. The number of nitrogens with zero attached hydrogens (tertiary/aromatic N) is 3. The number of fused-ring (bicyclic) bond motifs is 1. The number of imide groups is 1. The van der Waals surface area contributed by atoms with Gasteiger partial charge in [0, 0.05) is 12.6 Å². The largest absolute Gasteiger partial charge is 0.499 e. The van der Waals surface area contributed by atoms with Crippen LogP contribution in [0.15, 0.2) is 16.8 Å². The van der Waals surface area contributed by atoms with E-state index in [-0.39, 0.29) is 12.5 Å². The molecule has 2 heterocycles. The standard InChI is InChI=1S/C14H18N4O4/c1-4-6-15-10(19)8-18-13(20)11-9(22-3)5-7-16-12(11)17(2)14(18)21/h5,7,11H,4,6,8H2,1-3H3/p+1. The number of ether oxygens (including phenoxy) is 1. The van der Waals surface area contributed by atoms with Gasteiger partial charge in [-0.25, -0.2) is 4.79 Å². The second-order valence-electron chi connectivity index (χ2n) is 4.96. The third-order valence-electron chi connectivity index (χ3n) is 3.47. The van der Waals surface area contributed by atoms with E-state index in [4.69, 9.17) is 4.74 Å². The molecule has 0 aromatic heterocycles. The zero-order valence-corrected chi connectivity index (χ0v) is 12.8. The molecule has 2 aliphatic heterocycles. The Hall–Kier alpha value is -2.51. The highest BCUT2D eigenvalue weighted by Crippen LogP contribution is 2.24. The van der Waals surface area contributed by atoms with Crippen LogP contribution in [-0.2, 0) is 14.3 Å². The molecule has 0 spiro atoms. The van der Waals surface area contributed by atoms with E-state index < -0.39 is 17.9 Å². The maximum Gasteiger partial charge on any atom is 0.446 e. The fourth-order valence-electron chi connectivity index (χ4n) is 2.32. The number of carbonyl (C=O) groups excluding carboxylic acids is 3. The lowest BCUT2D eigenvalue weighted by molar-refractivity contribution is -0.408. The van der Waals surface area contributed by atoms with Gasteiger partial charge in [0.1, 0.15) is 12.0 Å². The number of urea groups is 1. The maximum atomic E-state index is 12.6. The average molecular weight is 307 g/mol. The van der Waals surface area contributed by atoms with Gasteiger partial charge in [-0.3, -0.25) is 9.59 Å². The second-order valence-corrected chi connectivity index (χ2v) is 4.96. The lowest BCUT2D eigenvalue weighted by atomic mass is 9.99. The highest BCUT2D eigenvalue weighted by Gasteiger charge is 2.49. The minimum absolute atomic E-state index is 0.305. The predicted octanol–water partition coefficient (Wildman–Crippen LogP) is -0.253. The van der Waals surface area contributed by atoms with Crippen LogP contribution < -0.4 is 5.32 Å². The monoisotopic (exact) mass is 307 g/mol. The topological polar surface area (TPSA) is 91.1 Å². The Balaban J connectivity index is 2.28. The summed E-state index contributed by atoms with van der Waals surface area (Å²) in [4.78, 5) is 41.7. The Morgan fingerprint density at radius 1 is 1.50 bits per heavy atom. The molecular weight excluding hydrogens is 288 g/mol. The third-order valence-corrected chi connectivity index (χ3v) is 3.47. The van der Waals surface area contributed by atoms with Crippen molar-refractivity contribution < 1.29 is 23.7 Å². The maximum absolute atomic E-state index is 12.6. The lowest BCUT2D eigenvalue weighted by Gasteiger charge is -2.27. The van der Waals surface area contributed by atoms with Crippen LogP contribution in [0, 0.1) is 5.92 Å². The zero-order chi connectivity index (χ0) is 16.3. The van der Waals surface area contributed by atoms with E-state index in [0.29, 0.717) is 18.1 Å². The number of dihydropyridines is 1. The minimum atomic E-state index is -0.795. The first-order chi connectivity index (χ1) is 10.5. The van der Waals surface area contributed by atoms with Gasteiger partial charge in [-0.2, -0.15) is 9.48 Å². The Morgan fingerprint density at radius 3 is 2.86 bits per heavy atom. The van der Waals surface area contributed by atoms with E-state index in [9.17, 15) is 14.4 Å². The van der Waals surface area contributed by atoms with Gasteiger partial charge in [-0.15, -0.1) is 4.99 Å². The first-order valence-electron chi connectivity index (χ1n) is 7.02. The van der Waals surface area contributed by atoms with Crippen LogP contribution in [0.1, 0.15) is 13.3 Å². The van der Waals surface area contributed by atoms with Crippen molar-refractivity contribution in [3.63, 3.8) is 0 Å². The van der Waals surface area contributed by atoms with E-state index in [0.717, 1.165) is 11.3 Å². The number of amidine groups is 1. The van der Waals surface area contributed by atoms with E-state index in [1.165, 1.54) is 24.9 Å². The van der Waals surface area contributed by atoms with Crippen LogP contribution in [0.2, 0.25) is 0 Å². The number of methoxy groups -OCH3 is 1. The van der Waals surface area contributed by atoms with E-state index >= 15 is 0 Å². The quantitative estimate of drug-likeness (QED) is 0.709. The summed E-state index contributed by atoms with van der Waals surface area (Å²) in [5.74, 6) is -0.970. The molecule has 0 bridgehead atoms. The molecule has 2 rings (SSSR count). The molecule has 0 fully saturated rings. The van der Waals surface area contributed by atoms with Gasteiger partial charge in [-0.05, 0) is 6.42 Å². The third kappa shape index (κ3) is 2.76. The highest BCUT2D eigenvalue weighted by atomic mass is 16.5. The van der Waals surface area contributed by atoms with E-state index in [1.54, 1.807) is 6.08 Å². The molecule has 0 saturated heterocycles. The Kier molecular flexibility index (Phi) is 4.69. The smallest absolute Gasteiger partial charge is 0.446 e. The number of aliphatic imine (C=N–C) groups is 1. The molecule has 0 saturated carbocycles. The number of carbonyl (C=O) groups is 3. The summed E-state index contributed by atoms with van der Waals surface area (Å²) in [5, 5.41) is 2.65. The number of amides is 4. The molecule has 4 amide bonds. The molecule has 2 aliphatic rings. The fourth-order valence-corrected chi connectivity index (χ4v) is 2.32. The molecule has 0 radical (unpaired) electrons. The van der Waals surface area contributed by atoms with Crippen LogP contribution in [0.25, 0.3) is 0 Å². The summed E-state index contributed by atoms with van der Waals surface area (Å²) in [6.07, 6.45) is 3.83. The van der Waals surface area contributed by atoms with Crippen molar-refractivity contribution in [1.29, 1.82) is 0 Å². The van der Waals surface area contributed by atoms with Crippen molar-refractivity contribution in [2.24, 2.45) is 10.9 Å². The predicted molar refractivity (Wildman–Crippen MR) is 78.7 cm³/mol. The van der Waals surface area contributed by atoms with Crippen molar-refractivity contribution in [1.82, 2.24) is 10.2 Å². The van der Waals surface area contributed by atoms with Crippen molar-refractivity contribution in [3.05, 3.63) is 11.8 Å². The van der Waals surface area contributed by atoms with Gasteiger partial charge in [-0.1, -0.05) is 6.92 Å². The Labute approximate surface area is 128 Å². The van der Waals surface area contributed by atoms with Crippen LogP contribution >= 0.6 is 0 Å². The van der Waals surface area contributed by atoms with Gasteiger partial charge in [0.15, 0.2) is 12.5 Å². The number of allylic oxidation sites excluding steroid dienone is 1. The van der Waals surface area contributed by atoms with Crippen LogP contribution in [-0.4, -0.2) is 66.6 Å². The summed E-state index contributed by atoms with van der Waals surface area (Å²) in [7, 11) is 2.97. The number of rotatable bonds is 5. The molecule has 0 aromatic carbocycles. The average Bonchev–Trinajstić information content (AvgIpc) is 2.53. The van der Waals surface area contributed by atoms with Gasteiger partial charge in [0.25, 0.3) is 11.7 Å². The molecular formula is C14H19N4O4+. The second kappa shape index (κ2) is 6.50. The molecule has 8 nitrogen and oxygen atoms in total. The number of nitrogens with one attached hydrogen (secondary N) is 1. The minimum Gasteiger partial charge on any atom is -0.499 e. The van der Waals surface area contributed by atoms with Crippen LogP contribution in [0.5, 0.6) is 0 Å². The molecule has 118 valence electrons. The summed E-state index contributed by atoms with van der Waals surface area (Å²) in [6.45, 7) is 2.11. The van der Waals surface area contributed by atoms with Gasteiger partial charge in [0.05, 0.1) is 14.2 Å². The molecule has 1 N–H and O–H groups in total. The van der Waals surface area contributed by atoms with E-state index in [2.05, 4.69) is 10.3 Å². The van der Waals surface area contributed by atoms with Crippen molar-refractivity contribution in [2.75, 3.05) is 27.2 Å². The van der Waals surface area contributed by atoms with Crippen molar-refractivity contribution >= 4 is 29.9 Å². The Morgan fingerprint density at radius 2 is 2.23 bits per heavy atom. The zero-order valence-electron chi connectivity index (χ0n) is 12.8. The molecule has 8 heteroatoms. The number of hydrogen-bond donors (Lipinski definition) is 1. The first-order valence-corrected chi connectivity index (χ1v) is 7.02. The molecule has 1 unspecified atom stereocenters. The van der Waals surface area contributed by atoms with Crippen molar-refractivity contribution in [2.45, 2.75) is 13.3 Å². The van der Waals surface area contributed by atoms with Gasteiger partial charge in [0.2, 0.25) is 0 Å². The highest BCUT2D eigenvalue weighted by molar-refractivity contribution is 6.16. The summed E-state index contributed by atoms with van der Waals surface area (Å²) in [5.41, 5.74) is 0. The molecule has 1 atom stereocenters. The normalized spacial score (nSPS) is 20.8. The summed E-state index contributed by atoms with van der Waals surface area (Å²) in [6, 6.07) is -0.572.